The van der Waals surface area contributed by atoms with E-state index in [1.54, 1.807) is 0 Å². The molecule has 1 aromatic rings. The Kier molecular flexibility index (Phi) is 6.64. The Morgan fingerprint density at radius 1 is 1.20 bits per heavy atom. The predicted octanol–water partition coefficient (Wildman–Crippen LogP) is 2.59. The van der Waals surface area contributed by atoms with Gasteiger partial charge in [0, 0.05) is 17.2 Å². The van der Waals surface area contributed by atoms with Crippen LogP contribution in [0.2, 0.25) is 0 Å². The van der Waals surface area contributed by atoms with E-state index in [2.05, 4.69) is 0 Å². The Morgan fingerprint density at radius 2 is 1.85 bits per heavy atom. The number of allylic oxidation sites excluding steroid dienone is 1. The van der Waals surface area contributed by atoms with Crippen molar-refractivity contribution in [1.82, 2.24) is 0 Å². The molecule has 110 valence electrons. The zero-order valence-corrected chi connectivity index (χ0v) is 12.3. The van der Waals surface area contributed by atoms with Gasteiger partial charge in [-0.2, -0.15) is 0 Å². The van der Waals surface area contributed by atoms with Gasteiger partial charge in [-0.1, -0.05) is 32.0 Å². The SMILES string of the molecule is CC/C(C(N)=O)=C(/N)C(CC)CCOc1ccccc1. The highest BCUT2D eigenvalue weighted by Gasteiger charge is 2.16. The molecule has 0 fully saturated rings. The highest BCUT2D eigenvalue weighted by atomic mass is 16.5. The van der Waals surface area contributed by atoms with Gasteiger partial charge in [0.05, 0.1) is 6.61 Å². The van der Waals surface area contributed by atoms with Gasteiger partial charge in [0.2, 0.25) is 5.91 Å². The fraction of sp³-hybridized carbons (Fsp3) is 0.438. The first kappa shape index (κ1) is 16.1. The number of carbonyl (C=O) groups is 1. The van der Waals surface area contributed by atoms with Gasteiger partial charge in [-0.05, 0) is 31.4 Å². The molecular formula is C16H24N2O2. The van der Waals surface area contributed by atoms with E-state index in [0.29, 0.717) is 24.3 Å². The number of nitrogens with two attached hydrogens (primary N) is 2. The van der Waals surface area contributed by atoms with Crippen molar-refractivity contribution in [2.24, 2.45) is 17.4 Å². The summed E-state index contributed by atoms with van der Waals surface area (Å²) in [5.74, 6) is 0.545. The fourth-order valence-corrected chi connectivity index (χ4v) is 2.18. The van der Waals surface area contributed by atoms with Crippen LogP contribution in [0.4, 0.5) is 0 Å². The number of amides is 1. The molecule has 0 aromatic heterocycles. The molecule has 0 saturated heterocycles. The summed E-state index contributed by atoms with van der Waals surface area (Å²) in [6.07, 6.45) is 2.20. The zero-order chi connectivity index (χ0) is 15.0. The third kappa shape index (κ3) is 4.61. The van der Waals surface area contributed by atoms with Crippen LogP contribution in [0, 0.1) is 5.92 Å². The van der Waals surface area contributed by atoms with Crippen molar-refractivity contribution in [2.45, 2.75) is 33.1 Å². The molecule has 0 aliphatic carbocycles. The first-order chi connectivity index (χ1) is 9.60. The number of benzene rings is 1. The van der Waals surface area contributed by atoms with Crippen molar-refractivity contribution in [2.75, 3.05) is 6.61 Å². The van der Waals surface area contributed by atoms with E-state index in [-0.39, 0.29) is 5.92 Å². The van der Waals surface area contributed by atoms with Gasteiger partial charge in [0.15, 0.2) is 0 Å². The van der Waals surface area contributed by atoms with Crippen molar-refractivity contribution < 1.29 is 9.53 Å². The van der Waals surface area contributed by atoms with Gasteiger partial charge < -0.3 is 16.2 Å². The lowest BCUT2D eigenvalue weighted by Crippen LogP contribution is -2.23. The molecule has 1 amide bonds. The molecule has 1 rings (SSSR count). The van der Waals surface area contributed by atoms with E-state index in [0.717, 1.165) is 18.6 Å². The van der Waals surface area contributed by atoms with Crippen LogP contribution in [0.5, 0.6) is 5.75 Å². The molecule has 1 aromatic carbocycles. The minimum absolute atomic E-state index is 0.126. The third-order valence-electron chi connectivity index (χ3n) is 3.41. The van der Waals surface area contributed by atoms with Crippen LogP contribution in [0.15, 0.2) is 41.6 Å². The van der Waals surface area contributed by atoms with Crippen LogP contribution in [0.3, 0.4) is 0 Å². The van der Waals surface area contributed by atoms with Crippen molar-refractivity contribution in [3.63, 3.8) is 0 Å². The molecule has 4 heteroatoms. The Labute approximate surface area is 120 Å². The maximum atomic E-state index is 11.3. The number of hydrogen-bond acceptors (Lipinski definition) is 3. The molecule has 20 heavy (non-hydrogen) atoms. The average Bonchev–Trinajstić information content (AvgIpc) is 2.45. The van der Waals surface area contributed by atoms with Crippen LogP contribution in [0.25, 0.3) is 0 Å². The molecule has 4 nitrogen and oxygen atoms in total. The lowest BCUT2D eigenvalue weighted by Gasteiger charge is -2.18. The van der Waals surface area contributed by atoms with E-state index in [1.807, 2.05) is 44.2 Å². The van der Waals surface area contributed by atoms with Crippen LogP contribution < -0.4 is 16.2 Å². The third-order valence-corrected chi connectivity index (χ3v) is 3.41. The molecule has 0 aliphatic heterocycles. The minimum Gasteiger partial charge on any atom is -0.494 e. The lowest BCUT2D eigenvalue weighted by atomic mass is 9.94. The first-order valence-electron chi connectivity index (χ1n) is 7.06. The topological polar surface area (TPSA) is 78.3 Å². The molecular weight excluding hydrogens is 252 g/mol. The normalized spacial score (nSPS) is 13.5. The monoisotopic (exact) mass is 276 g/mol. The molecule has 0 heterocycles. The van der Waals surface area contributed by atoms with Crippen molar-refractivity contribution >= 4 is 5.91 Å². The zero-order valence-electron chi connectivity index (χ0n) is 12.3. The number of rotatable bonds is 8. The number of primary amides is 1. The average molecular weight is 276 g/mol. The summed E-state index contributed by atoms with van der Waals surface area (Å²) in [5, 5.41) is 0. The smallest absolute Gasteiger partial charge is 0.246 e. The Balaban J connectivity index is 2.61. The van der Waals surface area contributed by atoms with Crippen LogP contribution in [0.1, 0.15) is 33.1 Å². The van der Waals surface area contributed by atoms with Gasteiger partial charge in [-0.15, -0.1) is 0 Å². The predicted molar refractivity (Wildman–Crippen MR) is 81.0 cm³/mol. The molecule has 1 unspecified atom stereocenters. The number of hydrogen-bond donors (Lipinski definition) is 2. The maximum Gasteiger partial charge on any atom is 0.246 e. The summed E-state index contributed by atoms with van der Waals surface area (Å²) in [6.45, 7) is 4.51. The van der Waals surface area contributed by atoms with E-state index < -0.39 is 5.91 Å². The van der Waals surface area contributed by atoms with Crippen LogP contribution in [-0.4, -0.2) is 12.5 Å². The number of para-hydroxylation sites is 1. The number of ether oxygens (including phenoxy) is 1. The number of carbonyl (C=O) groups excluding carboxylic acids is 1. The second-order valence-corrected chi connectivity index (χ2v) is 4.71. The van der Waals surface area contributed by atoms with Crippen LogP contribution in [-0.2, 0) is 4.79 Å². The largest absolute Gasteiger partial charge is 0.494 e. The second kappa shape index (κ2) is 8.25. The molecule has 0 saturated carbocycles. The summed E-state index contributed by atoms with van der Waals surface area (Å²) < 4.78 is 5.67. The Morgan fingerprint density at radius 3 is 2.35 bits per heavy atom. The molecule has 4 N–H and O–H groups in total. The summed E-state index contributed by atoms with van der Waals surface area (Å²) in [5.41, 5.74) is 12.6. The van der Waals surface area contributed by atoms with Crippen LogP contribution >= 0.6 is 0 Å². The highest BCUT2D eigenvalue weighted by Crippen LogP contribution is 2.20. The molecule has 0 spiro atoms. The minimum atomic E-state index is -0.424. The van der Waals surface area contributed by atoms with E-state index in [9.17, 15) is 4.79 Å². The van der Waals surface area contributed by atoms with Gasteiger partial charge in [0.25, 0.3) is 0 Å². The molecule has 1 atom stereocenters. The first-order valence-corrected chi connectivity index (χ1v) is 7.06. The van der Waals surface area contributed by atoms with Crippen molar-refractivity contribution in [3.8, 4) is 5.75 Å². The van der Waals surface area contributed by atoms with Gasteiger partial charge in [-0.3, -0.25) is 4.79 Å². The standard InChI is InChI=1S/C16H24N2O2/c1-3-12(15(17)14(4-2)16(18)19)10-11-20-13-8-6-5-7-9-13/h5-9,12H,3-4,10-11,17H2,1-2H3,(H2,18,19)/b15-14-. The summed E-state index contributed by atoms with van der Waals surface area (Å²) in [6, 6.07) is 9.65. The van der Waals surface area contributed by atoms with Gasteiger partial charge in [-0.25, -0.2) is 0 Å². The van der Waals surface area contributed by atoms with Gasteiger partial charge in [0.1, 0.15) is 5.75 Å². The quantitative estimate of drug-likeness (QED) is 0.716. The lowest BCUT2D eigenvalue weighted by molar-refractivity contribution is -0.114. The highest BCUT2D eigenvalue weighted by molar-refractivity contribution is 5.92. The van der Waals surface area contributed by atoms with E-state index in [4.69, 9.17) is 16.2 Å². The fourth-order valence-electron chi connectivity index (χ4n) is 2.18. The van der Waals surface area contributed by atoms with Crippen molar-refractivity contribution in [3.05, 3.63) is 41.6 Å². The Bertz CT molecular complexity index is 455. The molecule has 0 bridgehead atoms. The summed E-state index contributed by atoms with van der Waals surface area (Å²) in [7, 11) is 0. The summed E-state index contributed by atoms with van der Waals surface area (Å²) in [4.78, 5) is 11.3. The maximum absolute atomic E-state index is 11.3. The second-order valence-electron chi connectivity index (χ2n) is 4.71. The molecule has 0 aliphatic rings. The Hall–Kier alpha value is -1.97. The van der Waals surface area contributed by atoms with E-state index >= 15 is 0 Å². The van der Waals surface area contributed by atoms with E-state index in [1.165, 1.54) is 0 Å². The molecule has 0 radical (unpaired) electrons. The van der Waals surface area contributed by atoms with Gasteiger partial charge >= 0.3 is 0 Å². The summed E-state index contributed by atoms with van der Waals surface area (Å²) >= 11 is 0. The van der Waals surface area contributed by atoms with Crippen molar-refractivity contribution in [1.29, 1.82) is 0 Å².